The van der Waals surface area contributed by atoms with Crippen LogP contribution in [0.2, 0.25) is 5.02 Å². The minimum absolute atomic E-state index is 0.210. The lowest BCUT2D eigenvalue weighted by atomic mass is 10.2. The lowest BCUT2D eigenvalue weighted by molar-refractivity contribution is -0.668. The third-order valence-corrected chi connectivity index (χ3v) is 8.80. The molecule has 0 atom stereocenters. The van der Waals surface area contributed by atoms with Crippen LogP contribution in [0.15, 0.2) is 58.0 Å². The molecule has 2 aromatic carbocycles. The van der Waals surface area contributed by atoms with Gasteiger partial charge in [-0.05, 0) is 44.2 Å². The van der Waals surface area contributed by atoms with Crippen LogP contribution in [-0.2, 0) is 16.7 Å². The Labute approximate surface area is 225 Å². The summed E-state index contributed by atoms with van der Waals surface area (Å²) in [5.74, 6) is 6.60. The van der Waals surface area contributed by atoms with Gasteiger partial charge in [0, 0.05) is 52.4 Å². The molecule has 0 bridgehead atoms. The number of hydrogen-bond donors (Lipinski definition) is 0. The number of aromatic nitrogens is 1. The van der Waals surface area contributed by atoms with Crippen LogP contribution in [0.25, 0.3) is 16.3 Å². The summed E-state index contributed by atoms with van der Waals surface area (Å²) in [4.78, 5) is 3.38. The first kappa shape index (κ1) is 26.6. The van der Waals surface area contributed by atoms with Crippen LogP contribution in [0.5, 0.6) is 5.75 Å². The second-order valence-corrected chi connectivity index (χ2v) is 12.0. The number of rotatable bonds is 8. The summed E-state index contributed by atoms with van der Waals surface area (Å²) < 4.78 is 42.0. The summed E-state index contributed by atoms with van der Waals surface area (Å²) in [5, 5.41) is 2.55. The molecule has 4 rings (SSSR count). The average Bonchev–Trinajstić information content (AvgIpc) is 3.34. The molecule has 10 heteroatoms. The molecule has 3 aromatic rings. The minimum Gasteiger partial charge on any atom is -0.748 e. The molecule has 0 saturated heterocycles. The molecule has 0 saturated carbocycles. The van der Waals surface area contributed by atoms with E-state index in [4.69, 9.17) is 16.3 Å². The van der Waals surface area contributed by atoms with Gasteiger partial charge in [-0.15, -0.1) is 5.92 Å². The van der Waals surface area contributed by atoms with Gasteiger partial charge in [0.2, 0.25) is 5.52 Å². The Morgan fingerprint density at radius 1 is 1.28 bits per heavy atom. The first-order valence-electron chi connectivity index (χ1n) is 11.3. The van der Waals surface area contributed by atoms with Crippen LogP contribution in [0, 0.1) is 11.8 Å². The van der Waals surface area contributed by atoms with E-state index < -0.39 is 15.9 Å². The highest BCUT2D eigenvalue weighted by Crippen LogP contribution is 2.47. The van der Waals surface area contributed by atoms with E-state index in [1.165, 1.54) is 0 Å². The number of aryl methyl sites for hydroxylation is 1. The quantitative estimate of drug-likeness (QED) is 0.201. The van der Waals surface area contributed by atoms with E-state index in [0.29, 0.717) is 11.6 Å². The maximum Gasteiger partial charge on any atom is 0.264 e. The number of thioether (sulfide) groups is 1. The molecule has 0 radical (unpaired) electrons. The highest BCUT2D eigenvalue weighted by molar-refractivity contribution is 8.03. The zero-order valence-electron chi connectivity index (χ0n) is 20.1. The van der Waals surface area contributed by atoms with Crippen LogP contribution in [0.4, 0.5) is 5.69 Å². The van der Waals surface area contributed by atoms with Crippen molar-refractivity contribution in [3.8, 4) is 17.6 Å². The molecule has 0 spiro atoms. The van der Waals surface area contributed by atoms with Crippen LogP contribution in [0.3, 0.4) is 0 Å². The highest BCUT2D eigenvalue weighted by Gasteiger charge is 2.25. The molecular formula is C26H25ClN2O4S3. The first-order chi connectivity index (χ1) is 17.2. The lowest BCUT2D eigenvalue weighted by Crippen LogP contribution is -2.36. The lowest BCUT2D eigenvalue weighted by Gasteiger charge is -2.18. The predicted molar refractivity (Wildman–Crippen MR) is 148 cm³/mol. The van der Waals surface area contributed by atoms with Crippen molar-refractivity contribution in [2.24, 2.45) is 0 Å². The van der Waals surface area contributed by atoms with Gasteiger partial charge in [0.1, 0.15) is 10.4 Å². The standard InChI is InChI=1S/C26H25ClN2O4S3/c1-4-7-18(14-25-28(5-2)22-17-20(33-3)9-11-24(22)34-25)15-26-29(12-6-13-36(30,31)32)21-16-19(27)8-10-23(21)35-26/h8-11,14-17H,5-6,12-13H2,1-3H3. The summed E-state index contributed by atoms with van der Waals surface area (Å²) in [6.07, 6.45) is 4.29. The number of nitrogens with zero attached hydrogens (tertiary/aromatic N) is 2. The number of anilines is 1. The van der Waals surface area contributed by atoms with Gasteiger partial charge < -0.3 is 14.2 Å². The predicted octanol–water partition coefficient (Wildman–Crippen LogP) is 5.67. The van der Waals surface area contributed by atoms with Crippen LogP contribution in [0.1, 0.15) is 25.3 Å². The molecule has 0 aliphatic carbocycles. The number of thiazole rings is 1. The summed E-state index contributed by atoms with van der Waals surface area (Å²) in [7, 11) is -2.63. The molecule has 0 unspecified atom stereocenters. The topological polar surface area (TPSA) is 73.5 Å². The van der Waals surface area contributed by atoms with Crippen LogP contribution in [-0.4, -0.2) is 32.4 Å². The van der Waals surface area contributed by atoms with Gasteiger partial charge in [0.15, 0.2) is 6.54 Å². The van der Waals surface area contributed by atoms with Crippen LogP contribution >= 0.6 is 34.7 Å². The van der Waals surface area contributed by atoms with Crippen molar-refractivity contribution in [1.29, 1.82) is 0 Å². The maximum absolute atomic E-state index is 11.2. The molecule has 0 amide bonds. The molecule has 2 heterocycles. The van der Waals surface area contributed by atoms with Gasteiger partial charge in [0.05, 0.1) is 27.9 Å². The fourth-order valence-corrected chi connectivity index (χ4v) is 6.91. The Kier molecular flexibility index (Phi) is 8.33. The van der Waals surface area contributed by atoms with Gasteiger partial charge in [-0.3, -0.25) is 0 Å². The Hall–Kier alpha value is -2.48. The van der Waals surface area contributed by atoms with Crippen molar-refractivity contribution in [2.75, 3.05) is 24.3 Å². The van der Waals surface area contributed by atoms with Crippen molar-refractivity contribution < 1.29 is 22.3 Å². The third kappa shape index (κ3) is 6.07. The van der Waals surface area contributed by atoms with Gasteiger partial charge >= 0.3 is 0 Å². The molecule has 188 valence electrons. The zero-order valence-corrected chi connectivity index (χ0v) is 23.3. The maximum atomic E-state index is 11.2. The molecule has 36 heavy (non-hydrogen) atoms. The van der Waals surface area contributed by atoms with Crippen molar-refractivity contribution in [3.05, 3.63) is 63.1 Å². The number of halogens is 1. The minimum atomic E-state index is -4.29. The Morgan fingerprint density at radius 3 is 2.78 bits per heavy atom. The summed E-state index contributed by atoms with van der Waals surface area (Å²) in [6.45, 7) is 5.06. The normalized spacial score (nSPS) is 14.8. The molecular weight excluding hydrogens is 536 g/mol. The van der Waals surface area contributed by atoms with Crippen LogP contribution < -0.4 is 14.2 Å². The Morgan fingerprint density at radius 2 is 2.08 bits per heavy atom. The number of methoxy groups -OCH3 is 1. The van der Waals surface area contributed by atoms with Gasteiger partial charge in [-0.25, -0.2) is 8.42 Å². The van der Waals surface area contributed by atoms with Crippen molar-refractivity contribution in [2.45, 2.75) is 31.7 Å². The number of hydrogen-bond acceptors (Lipinski definition) is 7. The van der Waals surface area contributed by atoms with Crippen molar-refractivity contribution >= 4 is 66.8 Å². The zero-order chi connectivity index (χ0) is 25.9. The number of benzene rings is 2. The second-order valence-electron chi connectivity index (χ2n) is 7.96. The van der Waals surface area contributed by atoms with E-state index in [-0.39, 0.29) is 6.42 Å². The van der Waals surface area contributed by atoms with E-state index in [9.17, 15) is 13.0 Å². The molecule has 1 aromatic heterocycles. The number of ether oxygens (including phenoxy) is 1. The van der Waals surface area contributed by atoms with Gasteiger partial charge in [0.25, 0.3) is 5.01 Å². The summed E-state index contributed by atoms with van der Waals surface area (Å²) in [5.41, 5.74) is 2.81. The number of fused-ring (bicyclic) bond motifs is 2. The summed E-state index contributed by atoms with van der Waals surface area (Å²) in [6, 6.07) is 11.7. The van der Waals surface area contributed by atoms with Crippen molar-refractivity contribution in [3.63, 3.8) is 0 Å². The average molecular weight is 561 g/mol. The molecule has 1 aliphatic heterocycles. The van der Waals surface area contributed by atoms with Gasteiger partial charge in [-0.2, -0.15) is 4.57 Å². The van der Waals surface area contributed by atoms with Crippen molar-refractivity contribution in [1.82, 2.24) is 0 Å². The SMILES string of the molecule is CC#CC(=Cc1sc2ccc(Cl)cc2[n+]1CCCS(=O)(=O)[O-])C=C1Sc2ccc(OC)cc2N1CC. The largest absolute Gasteiger partial charge is 0.748 e. The fourth-order valence-electron chi connectivity index (χ4n) is 3.98. The molecule has 1 aliphatic rings. The highest BCUT2D eigenvalue weighted by atomic mass is 35.5. The first-order valence-corrected chi connectivity index (χ1v) is 14.9. The van der Waals surface area contributed by atoms with E-state index in [1.54, 1.807) is 37.1 Å². The van der Waals surface area contributed by atoms with E-state index in [1.807, 2.05) is 41.0 Å². The molecule has 0 fully saturated rings. The second kappa shape index (κ2) is 11.3. The molecule has 0 N–H and O–H groups in total. The smallest absolute Gasteiger partial charge is 0.264 e. The van der Waals surface area contributed by atoms with E-state index in [2.05, 4.69) is 35.8 Å². The third-order valence-electron chi connectivity index (χ3n) is 5.55. The van der Waals surface area contributed by atoms with E-state index in [0.717, 1.165) is 48.7 Å². The Balaban J connectivity index is 1.76. The summed E-state index contributed by atoms with van der Waals surface area (Å²) >= 11 is 9.50. The van der Waals surface area contributed by atoms with Gasteiger partial charge in [-0.1, -0.05) is 40.6 Å². The number of allylic oxidation sites excluding steroid dienone is 2. The molecule has 6 nitrogen and oxygen atoms in total. The Bertz CT molecular complexity index is 1530. The van der Waals surface area contributed by atoms with E-state index >= 15 is 0 Å². The monoisotopic (exact) mass is 560 g/mol. The fraction of sp³-hybridized carbons (Fsp3) is 0.269.